The summed E-state index contributed by atoms with van der Waals surface area (Å²) in [6, 6.07) is 0.553. The summed E-state index contributed by atoms with van der Waals surface area (Å²) in [5, 5.41) is 4.61. The maximum Gasteiger partial charge on any atom is 0.156 e. The van der Waals surface area contributed by atoms with E-state index in [0.717, 1.165) is 30.7 Å². The number of nitrogens with one attached hydrogen (secondary N) is 1. The molecular weight excluding hydrogens is 220 g/mol. The second-order valence-electron chi connectivity index (χ2n) is 4.99. The molecule has 3 nitrogen and oxygen atoms in total. The summed E-state index contributed by atoms with van der Waals surface area (Å²) in [6.45, 7) is 8.50. The first kappa shape index (κ1) is 12.2. The molecule has 4 unspecified atom stereocenters. The van der Waals surface area contributed by atoms with Crippen molar-refractivity contribution in [3.63, 3.8) is 0 Å². The van der Waals surface area contributed by atoms with E-state index < -0.39 is 0 Å². The number of aliphatic imine (C=N–C) groups is 1. The van der Waals surface area contributed by atoms with E-state index in [9.17, 15) is 0 Å². The lowest BCUT2D eigenvalue weighted by atomic mass is 10.0. The standard InChI is InChI=1S/C12H22N2OS/c1-8-7-16-12(14-9(8)2)13-6-11-4-5-15-10(11)3/h8-11H,4-7H2,1-3H3,(H,13,14). The van der Waals surface area contributed by atoms with E-state index in [1.807, 2.05) is 11.8 Å². The zero-order valence-corrected chi connectivity index (χ0v) is 11.2. The first-order valence-corrected chi connectivity index (χ1v) is 7.20. The van der Waals surface area contributed by atoms with Crippen molar-refractivity contribution < 1.29 is 4.74 Å². The van der Waals surface area contributed by atoms with Crippen LogP contribution in [0.5, 0.6) is 0 Å². The van der Waals surface area contributed by atoms with Crippen LogP contribution in [0.2, 0.25) is 0 Å². The summed E-state index contributed by atoms with van der Waals surface area (Å²) in [6.07, 6.45) is 1.54. The molecule has 2 aliphatic heterocycles. The number of amidine groups is 1. The van der Waals surface area contributed by atoms with Crippen LogP contribution in [0.4, 0.5) is 0 Å². The molecule has 2 heterocycles. The van der Waals surface area contributed by atoms with E-state index in [1.165, 1.54) is 5.75 Å². The fourth-order valence-corrected chi connectivity index (χ4v) is 3.19. The Morgan fingerprint density at radius 1 is 1.44 bits per heavy atom. The van der Waals surface area contributed by atoms with Gasteiger partial charge < -0.3 is 10.1 Å². The lowest BCUT2D eigenvalue weighted by Gasteiger charge is -2.28. The van der Waals surface area contributed by atoms with Crippen molar-refractivity contribution in [1.29, 1.82) is 0 Å². The summed E-state index contributed by atoms with van der Waals surface area (Å²) in [5.41, 5.74) is 0. The third kappa shape index (κ3) is 2.92. The monoisotopic (exact) mass is 242 g/mol. The van der Waals surface area contributed by atoms with E-state index in [2.05, 4.69) is 31.1 Å². The van der Waals surface area contributed by atoms with Gasteiger partial charge in [-0.05, 0) is 26.2 Å². The van der Waals surface area contributed by atoms with E-state index in [0.29, 0.717) is 18.1 Å². The third-order valence-corrected chi connectivity index (χ3v) is 4.90. The molecule has 0 aromatic carbocycles. The number of rotatable bonds is 2. The Morgan fingerprint density at radius 3 is 2.88 bits per heavy atom. The van der Waals surface area contributed by atoms with Gasteiger partial charge in [-0.15, -0.1) is 0 Å². The zero-order valence-electron chi connectivity index (χ0n) is 10.4. The van der Waals surface area contributed by atoms with E-state index in [-0.39, 0.29) is 0 Å². The first-order valence-electron chi connectivity index (χ1n) is 6.22. The fraction of sp³-hybridized carbons (Fsp3) is 0.917. The SMILES string of the molecule is CC1CSC(=NCC2CCOC2C)NC1C. The minimum Gasteiger partial charge on any atom is -0.378 e. The minimum atomic E-state index is 0.384. The molecule has 0 radical (unpaired) electrons. The highest BCUT2D eigenvalue weighted by Crippen LogP contribution is 2.23. The lowest BCUT2D eigenvalue weighted by Crippen LogP contribution is -2.41. The maximum atomic E-state index is 5.55. The van der Waals surface area contributed by atoms with Crippen LogP contribution in [0.3, 0.4) is 0 Å². The second kappa shape index (κ2) is 5.41. The number of hydrogen-bond acceptors (Lipinski definition) is 3. The highest BCUT2D eigenvalue weighted by Gasteiger charge is 2.25. The fourth-order valence-electron chi connectivity index (χ4n) is 2.04. The van der Waals surface area contributed by atoms with E-state index in [1.54, 1.807) is 0 Å². The summed E-state index contributed by atoms with van der Waals surface area (Å²) in [7, 11) is 0. The molecular formula is C12H22N2OS. The Bertz CT molecular complexity index is 270. The quantitative estimate of drug-likeness (QED) is 0.805. The van der Waals surface area contributed by atoms with Crippen molar-refractivity contribution in [2.75, 3.05) is 18.9 Å². The molecule has 0 amide bonds. The molecule has 2 aliphatic rings. The average molecular weight is 242 g/mol. The van der Waals surface area contributed by atoms with Crippen molar-refractivity contribution in [2.45, 2.75) is 39.3 Å². The molecule has 0 aromatic heterocycles. The van der Waals surface area contributed by atoms with E-state index in [4.69, 9.17) is 4.74 Å². The molecule has 92 valence electrons. The molecule has 1 N–H and O–H groups in total. The van der Waals surface area contributed by atoms with Gasteiger partial charge in [-0.1, -0.05) is 18.7 Å². The highest BCUT2D eigenvalue weighted by atomic mass is 32.2. The largest absolute Gasteiger partial charge is 0.378 e. The van der Waals surface area contributed by atoms with Gasteiger partial charge in [0.1, 0.15) is 0 Å². The van der Waals surface area contributed by atoms with Gasteiger partial charge in [-0.3, -0.25) is 4.99 Å². The van der Waals surface area contributed by atoms with Crippen molar-refractivity contribution in [3.8, 4) is 0 Å². The Morgan fingerprint density at radius 2 is 2.25 bits per heavy atom. The van der Waals surface area contributed by atoms with Crippen molar-refractivity contribution >= 4 is 16.9 Å². The Hall–Kier alpha value is -0.220. The Labute approximate surface area is 102 Å². The van der Waals surface area contributed by atoms with Gasteiger partial charge in [0.05, 0.1) is 6.10 Å². The maximum absolute atomic E-state index is 5.55. The van der Waals surface area contributed by atoms with Crippen LogP contribution < -0.4 is 5.32 Å². The van der Waals surface area contributed by atoms with Crippen LogP contribution in [0.15, 0.2) is 4.99 Å². The third-order valence-electron chi connectivity index (χ3n) is 3.69. The topological polar surface area (TPSA) is 33.6 Å². The molecule has 2 saturated heterocycles. The summed E-state index contributed by atoms with van der Waals surface area (Å²) >= 11 is 1.86. The van der Waals surface area contributed by atoms with Gasteiger partial charge in [0.25, 0.3) is 0 Å². The van der Waals surface area contributed by atoms with Crippen molar-refractivity contribution in [1.82, 2.24) is 5.32 Å². The van der Waals surface area contributed by atoms with Gasteiger partial charge in [-0.2, -0.15) is 0 Å². The summed E-state index contributed by atoms with van der Waals surface area (Å²) in [4.78, 5) is 4.69. The molecule has 0 aliphatic carbocycles. The van der Waals surface area contributed by atoms with Crippen molar-refractivity contribution in [2.24, 2.45) is 16.8 Å². The first-order chi connectivity index (χ1) is 7.66. The highest BCUT2D eigenvalue weighted by molar-refractivity contribution is 8.13. The normalized spacial score (nSPS) is 42.3. The molecule has 0 bridgehead atoms. The Kier molecular flexibility index (Phi) is 4.14. The molecule has 2 fully saturated rings. The second-order valence-corrected chi connectivity index (χ2v) is 6.00. The lowest BCUT2D eigenvalue weighted by molar-refractivity contribution is 0.107. The molecule has 4 heteroatoms. The molecule has 4 atom stereocenters. The number of nitrogens with zero attached hydrogens (tertiary/aromatic N) is 1. The Balaban J connectivity index is 1.83. The summed E-state index contributed by atoms with van der Waals surface area (Å²) < 4.78 is 5.55. The molecule has 0 aromatic rings. The smallest absolute Gasteiger partial charge is 0.156 e. The average Bonchev–Trinajstić information content (AvgIpc) is 2.66. The predicted molar refractivity (Wildman–Crippen MR) is 70.0 cm³/mol. The zero-order chi connectivity index (χ0) is 11.5. The van der Waals surface area contributed by atoms with Gasteiger partial charge in [0.15, 0.2) is 5.17 Å². The van der Waals surface area contributed by atoms with Gasteiger partial charge in [0.2, 0.25) is 0 Å². The van der Waals surface area contributed by atoms with Crippen molar-refractivity contribution in [3.05, 3.63) is 0 Å². The van der Waals surface area contributed by atoms with Gasteiger partial charge in [0, 0.05) is 30.9 Å². The number of ether oxygens (including phenoxy) is 1. The van der Waals surface area contributed by atoms with Crippen LogP contribution in [-0.2, 0) is 4.74 Å². The number of hydrogen-bond donors (Lipinski definition) is 1. The van der Waals surface area contributed by atoms with Crippen LogP contribution in [0.1, 0.15) is 27.2 Å². The minimum absolute atomic E-state index is 0.384. The summed E-state index contributed by atoms with van der Waals surface area (Å²) in [5.74, 6) is 2.53. The van der Waals surface area contributed by atoms with Crippen LogP contribution in [-0.4, -0.2) is 36.2 Å². The van der Waals surface area contributed by atoms with Gasteiger partial charge in [-0.25, -0.2) is 0 Å². The molecule has 0 spiro atoms. The van der Waals surface area contributed by atoms with E-state index >= 15 is 0 Å². The van der Waals surface area contributed by atoms with Crippen LogP contribution >= 0.6 is 11.8 Å². The molecule has 16 heavy (non-hydrogen) atoms. The van der Waals surface area contributed by atoms with Crippen LogP contribution in [0.25, 0.3) is 0 Å². The number of thioether (sulfide) groups is 1. The molecule has 0 saturated carbocycles. The predicted octanol–water partition coefficient (Wildman–Crippen LogP) is 2.13. The van der Waals surface area contributed by atoms with Gasteiger partial charge >= 0.3 is 0 Å². The molecule has 2 rings (SSSR count). The van der Waals surface area contributed by atoms with Crippen LogP contribution in [0, 0.1) is 11.8 Å².